The summed E-state index contributed by atoms with van der Waals surface area (Å²) in [6.07, 6.45) is -9.75. The molecule has 0 aromatic carbocycles. The zero-order valence-corrected chi connectivity index (χ0v) is 22.7. The lowest BCUT2D eigenvalue weighted by molar-refractivity contribution is -0.0695. The lowest BCUT2D eigenvalue weighted by Gasteiger charge is -2.26. The molecule has 7 N–H and O–H groups in total. The molecule has 3 aliphatic heterocycles. The van der Waals surface area contributed by atoms with Crippen molar-refractivity contribution in [2.24, 2.45) is 0 Å². The van der Waals surface area contributed by atoms with Crippen LogP contribution in [-0.4, -0.2) is 98.9 Å². The number of phosphoric ester groups is 2. The van der Waals surface area contributed by atoms with E-state index in [4.69, 9.17) is 33.3 Å². The van der Waals surface area contributed by atoms with Crippen molar-refractivity contribution in [1.82, 2.24) is 29.1 Å². The topological polar surface area (TPSA) is 295 Å². The zero-order valence-electron chi connectivity index (χ0n) is 20.9. The fourth-order valence-electron chi connectivity index (χ4n) is 4.77. The summed E-state index contributed by atoms with van der Waals surface area (Å²) < 4.78 is 59.8. The molecule has 0 amide bonds. The number of ether oxygens (including phenoxy) is 2. The summed E-state index contributed by atoms with van der Waals surface area (Å²) in [6, 6.07) is 0.945. The number of aliphatic hydroxyl groups excluding tert-OH is 2. The van der Waals surface area contributed by atoms with Gasteiger partial charge in [0.2, 0.25) is 0 Å². The molecule has 3 aromatic heterocycles. The normalized spacial score (nSPS) is 39.3. The van der Waals surface area contributed by atoms with Crippen LogP contribution in [0.5, 0.6) is 0 Å². The van der Waals surface area contributed by atoms with Gasteiger partial charge < -0.3 is 35.2 Å². The van der Waals surface area contributed by atoms with Gasteiger partial charge in [0.15, 0.2) is 23.9 Å². The van der Waals surface area contributed by atoms with Crippen LogP contribution in [-0.2, 0) is 36.7 Å². The van der Waals surface area contributed by atoms with Crippen LogP contribution in [0.2, 0.25) is 0 Å². The molecule has 2 unspecified atom stereocenters. The summed E-state index contributed by atoms with van der Waals surface area (Å²) in [6.45, 7) is -1.70. The van der Waals surface area contributed by atoms with Crippen LogP contribution in [0.25, 0.3) is 11.2 Å². The summed E-state index contributed by atoms with van der Waals surface area (Å²) in [4.78, 5) is 58.8. The number of phosphoric acid groups is 2. The summed E-state index contributed by atoms with van der Waals surface area (Å²) in [7, 11) is -10.2. The first-order valence-electron chi connectivity index (χ1n) is 12.1. The molecule has 21 nitrogen and oxygen atoms in total. The first kappa shape index (κ1) is 29.2. The van der Waals surface area contributed by atoms with E-state index in [-0.39, 0.29) is 17.0 Å². The second kappa shape index (κ2) is 10.7. The van der Waals surface area contributed by atoms with Crippen molar-refractivity contribution in [3.05, 3.63) is 45.8 Å². The van der Waals surface area contributed by atoms with Crippen molar-refractivity contribution in [1.29, 1.82) is 0 Å². The number of aromatic amines is 1. The quantitative estimate of drug-likeness (QED) is 0.158. The molecule has 0 spiro atoms. The van der Waals surface area contributed by atoms with E-state index >= 15 is 0 Å². The third kappa shape index (κ3) is 5.34. The Morgan fingerprint density at radius 3 is 2.05 bits per heavy atom. The molecule has 4 bridgehead atoms. The zero-order chi connectivity index (χ0) is 30.0. The molecule has 3 fully saturated rings. The number of anilines is 1. The predicted octanol–water partition coefficient (Wildman–Crippen LogP) is -2.51. The SMILES string of the molecule is Nc1ncnc2c1ncn2[C@@H]1O[C@@H]2COP(=O)(O)O[C@@H]3[C@H](O)[C@@H](COP(=O)(O)O[C@@H]1[C@@H]2O)O[C@H]3n1ccc(=O)[nH]c1=O. The number of nitrogen functional groups attached to an aromatic ring is 1. The second-order valence-corrected chi connectivity index (χ2v) is 12.2. The standard InChI is InChI=1S/C19H23N7O14P2/c20-15-10-16(22-5-21-15)26(6-23-10)18-14-12(29)8(38-18)4-36-41(31,32)39-13-11(28)7(3-35-42(33,34)40-14)37-17(13)25-2-1-9(27)24-19(25)30/h1-2,5-8,11-14,17-18,28-29H,3-4H2,(H,31,32)(H,33,34)(H2,20,21,22)(H,24,27,30)/t7-,8-,11-,12-,13-,14-,17-,18-/m1/s1. The van der Waals surface area contributed by atoms with Gasteiger partial charge in [0.25, 0.3) is 5.56 Å². The maximum Gasteiger partial charge on any atom is 0.472 e. The van der Waals surface area contributed by atoms with E-state index in [1.807, 2.05) is 4.98 Å². The molecule has 3 aliphatic rings. The monoisotopic (exact) mass is 635 g/mol. The van der Waals surface area contributed by atoms with Crippen molar-refractivity contribution >= 4 is 32.6 Å². The smallest absolute Gasteiger partial charge is 0.387 e. The molecule has 42 heavy (non-hydrogen) atoms. The van der Waals surface area contributed by atoms with Crippen LogP contribution in [0.1, 0.15) is 12.5 Å². The Bertz CT molecular complexity index is 1710. The highest BCUT2D eigenvalue weighted by atomic mass is 31.2. The maximum absolute atomic E-state index is 13.0. The summed E-state index contributed by atoms with van der Waals surface area (Å²) in [5, 5.41) is 21.8. The van der Waals surface area contributed by atoms with Crippen LogP contribution >= 0.6 is 15.6 Å². The van der Waals surface area contributed by atoms with Gasteiger partial charge in [-0.2, -0.15) is 0 Å². The molecular formula is C19H23N7O14P2. The van der Waals surface area contributed by atoms with Crippen molar-refractivity contribution in [3.63, 3.8) is 0 Å². The van der Waals surface area contributed by atoms with E-state index < -0.39 is 89.2 Å². The number of aromatic nitrogens is 6. The number of nitrogens with one attached hydrogen (secondary N) is 1. The Hall–Kier alpha value is -2.91. The highest BCUT2D eigenvalue weighted by Crippen LogP contribution is 2.53. The summed E-state index contributed by atoms with van der Waals surface area (Å²) in [5.41, 5.74) is 4.30. The molecule has 3 aromatic rings. The Labute approximate surface area is 232 Å². The largest absolute Gasteiger partial charge is 0.472 e. The number of H-pyrrole nitrogens is 1. The van der Waals surface area contributed by atoms with Gasteiger partial charge in [0.05, 0.1) is 19.5 Å². The fraction of sp³-hybridized carbons (Fsp3) is 0.526. The van der Waals surface area contributed by atoms with E-state index in [1.165, 1.54) is 10.9 Å². The lowest BCUT2D eigenvalue weighted by atomic mass is 10.1. The first-order chi connectivity index (χ1) is 19.8. The minimum absolute atomic E-state index is 0.0126. The third-order valence-corrected chi connectivity index (χ3v) is 8.70. The average Bonchev–Trinajstić information content (AvgIpc) is 3.57. The van der Waals surface area contributed by atoms with Gasteiger partial charge in [0.1, 0.15) is 48.5 Å². The van der Waals surface area contributed by atoms with Gasteiger partial charge in [-0.15, -0.1) is 0 Å². The fourth-order valence-corrected chi connectivity index (χ4v) is 6.64. The summed E-state index contributed by atoms with van der Waals surface area (Å²) in [5.74, 6) is 0.0126. The van der Waals surface area contributed by atoms with Gasteiger partial charge in [-0.25, -0.2) is 28.9 Å². The number of rotatable bonds is 2. The number of fused-ring (bicyclic) bond motifs is 5. The molecule has 0 radical (unpaired) electrons. The Morgan fingerprint density at radius 1 is 0.905 bits per heavy atom. The molecular weight excluding hydrogens is 612 g/mol. The molecule has 228 valence electrons. The minimum Gasteiger partial charge on any atom is -0.387 e. The van der Waals surface area contributed by atoms with Crippen molar-refractivity contribution < 1.29 is 56.7 Å². The van der Waals surface area contributed by atoms with Gasteiger partial charge >= 0.3 is 21.3 Å². The number of nitrogens with zero attached hydrogens (tertiary/aromatic N) is 5. The Morgan fingerprint density at radius 2 is 1.48 bits per heavy atom. The Kier molecular flexibility index (Phi) is 7.41. The van der Waals surface area contributed by atoms with E-state index in [0.29, 0.717) is 0 Å². The first-order valence-corrected chi connectivity index (χ1v) is 15.1. The number of nitrogens with two attached hydrogens (primary N) is 1. The maximum atomic E-state index is 13.0. The van der Waals surface area contributed by atoms with Crippen LogP contribution in [0.3, 0.4) is 0 Å². The van der Waals surface area contributed by atoms with Crippen LogP contribution in [0, 0.1) is 0 Å². The van der Waals surface area contributed by atoms with E-state index in [0.717, 1.165) is 23.2 Å². The summed E-state index contributed by atoms with van der Waals surface area (Å²) >= 11 is 0. The number of imidazole rings is 1. The van der Waals surface area contributed by atoms with Crippen LogP contribution in [0.4, 0.5) is 5.82 Å². The average molecular weight is 635 g/mol. The molecule has 10 atom stereocenters. The number of hydrogen-bond donors (Lipinski definition) is 6. The van der Waals surface area contributed by atoms with Gasteiger partial charge in [0, 0.05) is 12.3 Å². The molecule has 0 saturated carbocycles. The third-order valence-electron chi connectivity index (χ3n) is 6.73. The highest BCUT2D eigenvalue weighted by molar-refractivity contribution is 7.47. The van der Waals surface area contributed by atoms with Crippen molar-refractivity contribution in [3.8, 4) is 0 Å². The molecule has 0 aliphatic carbocycles. The predicted molar refractivity (Wildman–Crippen MR) is 132 cm³/mol. The number of aliphatic hydroxyl groups is 2. The lowest BCUT2D eigenvalue weighted by Crippen LogP contribution is -2.39. The second-order valence-electron chi connectivity index (χ2n) is 9.38. The molecule has 6 rings (SSSR count). The van der Waals surface area contributed by atoms with Crippen molar-refractivity contribution in [2.45, 2.75) is 49.1 Å². The van der Waals surface area contributed by atoms with Gasteiger partial charge in [-0.1, -0.05) is 0 Å². The Balaban J connectivity index is 1.34. The van der Waals surface area contributed by atoms with E-state index in [9.17, 15) is 38.7 Å². The van der Waals surface area contributed by atoms with E-state index in [1.54, 1.807) is 0 Å². The number of hydrogen-bond acceptors (Lipinski definition) is 16. The van der Waals surface area contributed by atoms with Gasteiger partial charge in [-0.05, 0) is 0 Å². The molecule has 6 heterocycles. The van der Waals surface area contributed by atoms with Gasteiger partial charge in [-0.3, -0.25) is 37.0 Å². The highest BCUT2D eigenvalue weighted by Gasteiger charge is 2.53. The van der Waals surface area contributed by atoms with Crippen LogP contribution in [0.15, 0.2) is 34.5 Å². The van der Waals surface area contributed by atoms with Crippen LogP contribution < -0.4 is 17.0 Å². The minimum atomic E-state index is -5.10. The molecule has 3 saturated heterocycles. The van der Waals surface area contributed by atoms with Crippen molar-refractivity contribution in [2.75, 3.05) is 18.9 Å². The van der Waals surface area contributed by atoms with E-state index in [2.05, 4.69) is 15.0 Å². The molecule has 23 heteroatoms.